The summed E-state index contributed by atoms with van der Waals surface area (Å²) in [5.74, 6) is -0.776. The predicted octanol–water partition coefficient (Wildman–Crippen LogP) is 2.47. The van der Waals surface area contributed by atoms with Gasteiger partial charge in [0, 0.05) is 6.54 Å². The molecule has 1 unspecified atom stereocenters. The van der Waals surface area contributed by atoms with Crippen molar-refractivity contribution in [2.45, 2.75) is 50.0 Å². The minimum absolute atomic E-state index is 0.0257. The van der Waals surface area contributed by atoms with Gasteiger partial charge in [0.15, 0.2) is 0 Å². The maximum atomic E-state index is 13.3. The number of ether oxygens (including phenoxy) is 2. The molecule has 2 atom stereocenters. The fraction of sp³-hybridized carbons (Fsp3) is 0.381. The molecule has 10 heteroatoms. The lowest BCUT2D eigenvalue weighted by molar-refractivity contribution is -0.161. The minimum atomic E-state index is -4.07. The number of hydroxylamine groups is 1. The molecular weight excluding hydrogens is 427 g/mol. The van der Waals surface area contributed by atoms with Crippen molar-refractivity contribution in [2.24, 2.45) is 0 Å². The molecule has 1 fully saturated rings. The number of hydrogen-bond donors (Lipinski definition) is 2. The lowest BCUT2D eigenvalue weighted by Crippen LogP contribution is -2.63. The number of rotatable bonds is 6. The SMILES string of the molecule is CC1OC(C)(C)CN(S(=O)(=O)c2ccc(OCc3ccc(F)cc3)cc2)[C@H]1C(=O)NO. The number of carbonyl (C=O) groups excluding carboxylic acids is 1. The largest absolute Gasteiger partial charge is 0.489 e. The Morgan fingerprint density at radius 3 is 2.42 bits per heavy atom. The van der Waals surface area contributed by atoms with Crippen LogP contribution in [0.15, 0.2) is 53.4 Å². The van der Waals surface area contributed by atoms with Crippen LogP contribution in [0.2, 0.25) is 0 Å². The van der Waals surface area contributed by atoms with Gasteiger partial charge in [-0.15, -0.1) is 0 Å². The van der Waals surface area contributed by atoms with Crippen molar-refractivity contribution >= 4 is 15.9 Å². The van der Waals surface area contributed by atoms with E-state index in [1.54, 1.807) is 32.9 Å². The third-order valence-electron chi connectivity index (χ3n) is 4.92. The van der Waals surface area contributed by atoms with E-state index in [0.29, 0.717) is 5.75 Å². The second kappa shape index (κ2) is 8.91. The first-order chi connectivity index (χ1) is 14.5. The number of sulfonamides is 1. The molecule has 0 aliphatic carbocycles. The smallest absolute Gasteiger partial charge is 0.264 e. The van der Waals surface area contributed by atoms with E-state index in [2.05, 4.69) is 0 Å². The van der Waals surface area contributed by atoms with Crippen LogP contribution in [0.1, 0.15) is 26.3 Å². The van der Waals surface area contributed by atoms with Crippen molar-refractivity contribution < 1.29 is 32.3 Å². The van der Waals surface area contributed by atoms with E-state index in [-0.39, 0.29) is 23.9 Å². The van der Waals surface area contributed by atoms with Crippen LogP contribution in [-0.4, -0.2) is 48.1 Å². The molecule has 3 rings (SSSR count). The summed E-state index contributed by atoms with van der Waals surface area (Å²) in [5.41, 5.74) is 1.46. The zero-order chi connectivity index (χ0) is 22.8. The van der Waals surface area contributed by atoms with Gasteiger partial charge in [-0.1, -0.05) is 12.1 Å². The highest BCUT2D eigenvalue weighted by Gasteiger charge is 2.48. The molecule has 1 aliphatic heterocycles. The second-order valence-corrected chi connectivity index (χ2v) is 9.83. The fourth-order valence-corrected chi connectivity index (χ4v) is 5.35. The molecule has 168 valence electrons. The first-order valence-electron chi connectivity index (χ1n) is 9.64. The Labute approximate surface area is 180 Å². The molecule has 0 bridgehead atoms. The quantitative estimate of drug-likeness (QED) is 0.515. The van der Waals surface area contributed by atoms with Gasteiger partial charge in [0.2, 0.25) is 10.0 Å². The molecule has 1 saturated heterocycles. The predicted molar refractivity (Wildman–Crippen MR) is 109 cm³/mol. The van der Waals surface area contributed by atoms with Gasteiger partial charge in [0.25, 0.3) is 5.91 Å². The number of halogens is 1. The van der Waals surface area contributed by atoms with E-state index >= 15 is 0 Å². The molecule has 31 heavy (non-hydrogen) atoms. The van der Waals surface area contributed by atoms with Gasteiger partial charge in [-0.25, -0.2) is 18.3 Å². The Morgan fingerprint density at radius 2 is 1.84 bits per heavy atom. The minimum Gasteiger partial charge on any atom is -0.489 e. The Kier molecular flexibility index (Phi) is 6.65. The summed E-state index contributed by atoms with van der Waals surface area (Å²) >= 11 is 0. The third kappa shape index (κ3) is 5.21. The first kappa shape index (κ1) is 23.1. The van der Waals surface area contributed by atoms with E-state index in [4.69, 9.17) is 14.7 Å². The van der Waals surface area contributed by atoms with Crippen molar-refractivity contribution in [1.29, 1.82) is 0 Å². The molecule has 1 aliphatic rings. The summed E-state index contributed by atoms with van der Waals surface area (Å²) in [6, 6.07) is 10.4. The number of amides is 1. The van der Waals surface area contributed by atoms with Crippen molar-refractivity contribution in [1.82, 2.24) is 9.79 Å². The third-order valence-corrected chi connectivity index (χ3v) is 6.77. The van der Waals surface area contributed by atoms with Gasteiger partial charge in [-0.05, 0) is 62.7 Å². The van der Waals surface area contributed by atoms with E-state index in [9.17, 15) is 17.6 Å². The van der Waals surface area contributed by atoms with Gasteiger partial charge in [-0.2, -0.15) is 4.31 Å². The average Bonchev–Trinajstić information content (AvgIpc) is 2.72. The van der Waals surface area contributed by atoms with E-state index in [1.165, 1.54) is 41.9 Å². The van der Waals surface area contributed by atoms with Crippen molar-refractivity contribution in [3.63, 3.8) is 0 Å². The monoisotopic (exact) mass is 452 g/mol. The van der Waals surface area contributed by atoms with Crippen LogP contribution in [0, 0.1) is 5.82 Å². The summed E-state index contributed by atoms with van der Waals surface area (Å²) in [4.78, 5) is 12.2. The number of carbonyl (C=O) groups is 1. The number of morpholine rings is 1. The van der Waals surface area contributed by atoms with Crippen LogP contribution in [0.5, 0.6) is 5.75 Å². The summed E-state index contributed by atoms with van der Waals surface area (Å²) in [7, 11) is -4.07. The van der Waals surface area contributed by atoms with Gasteiger partial charge in [-0.3, -0.25) is 10.0 Å². The lowest BCUT2D eigenvalue weighted by atomic mass is 10.0. The summed E-state index contributed by atoms with van der Waals surface area (Å²) in [6.07, 6.45) is -0.774. The Morgan fingerprint density at radius 1 is 1.23 bits per heavy atom. The van der Waals surface area contributed by atoms with Crippen LogP contribution < -0.4 is 10.2 Å². The number of hydrogen-bond acceptors (Lipinski definition) is 6. The zero-order valence-corrected chi connectivity index (χ0v) is 18.2. The van der Waals surface area contributed by atoms with E-state index in [0.717, 1.165) is 9.87 Å². The van der Waals surface area contributed by atoms with E-state index < -0.39 is 33.7 Å². The van der Waals surface area contributed by atoms with Gasteiger partial charge >= 0.3 is 0 Å². The van der Waals surface area contributed by atoms with Crippen LogP contribution in [0.4, 0.5) is 4.39 Å². The van der Waals surface area contributed by atoms with Crippen molar-refractivity contribution in [3.8, 4) is 5.75 Å². The topological polar surface area (TPSA) is 105 Å². The van der Waals surface area contributed by atoms with Crippen LogP contribution in [-0.2, 0) is 26.2 Å². The second-order valence-electron chi connectivity index (χ2n) is 7.94. The fourth-order valence-electron chi connectivity index (χ4n) is 3.55. The van der Waals surface area contributed by atoms with Crippen molar-refractivity contribution in [3.05, 3.63) is 59.9 Å². The van der Waals surface area contributed by atoms with Crippen molar-refractivity contribution in [2.75, 3.05) is 6.54 Å². The molecule has 1 heterocycles. The molecule has 2 aromatic rings. The van der Waals surface area contributed by atoms with E-state index in [1.807, 2.05) is 0 Å². The summed E-state index contributed by atoms with van der Waals surface area (Å²) < 4.78 is 52.0. The molecule has 2 N–H and O–H groups in total. The molecule has 0 radical (unpaired) electrons. The summed E-state index contributed by atoms with van der Waals surface area (Å²) in [5, 5.41) is 9.08. The Bertz CT molecular complexity index is 1020. The highest BCUT2D eigenvalue weighted by atomic mass is 32.2. The van der Waals surface area contributed by atoms with Gasteiger partial charge in [0.05, 0.1) is 16.6 Å². The number of nitrogens with one attached hydrogen (secondary N) is 1. The van der Waals surface area contributed by atoms with Crippen LogP contribution >= 0.6 is 0 Å². The zero-order valence-electron chi connectivity index (χ0n) is 17.4. The standard InChI is InChI=1S/C21H25FN2O6S/c1-14-19(20(25)23-26)24(13-21(2,3)30-14)31(27,28)18-10-8-17(9-11-18)29-12-15-4-6-16(22)7-5-15/h4-11,14,19,26H,12-13H2,1-3H3,(H,23,25)/t14?,19-/m1/s1. The first-order valence-corrected chi connectivity index (χ1v) is 11.1. The van der Waals surface area contributed by atoms with Crippen LogP contribution in [0.25, 0.3) is 0 Å². The van der Waals surface area contributed by atoms with Gasteiger partial charge < -0.3 is 9.47 Å². The molecule has 1 amide bonds. The highest BCUT2D eigenvalue weighted by molar-refractivity contribution is 7.89. The molecular formula is C21H25FN2O6S. The molecule has 0 aromatic heterocycles. The van der Waals surface area contributed by atoms with Gasteiger partial charge in [0.1, 0.15) is 24.2 Å². The molecule has 2 aromatic carbocycles. The summed E-state index contributed by atoms with van der Waals surface area (Å²) in [6.45, 7) is 5.16. The maximum Gasteiger partial charge on any atom is 0.264 e. The molecule has 0 saturated carbocycles. The maximum absolute atomic E-state index is 13.3. The average molecular weight is 453 g/mol. The lowest BCUT2D eigenvalue weighted by Gasteiger charge is -2.45. The van der Waals surface area contributed by atoms with Crippen LogP contribution in [0.3, 0.4) is 0 Å². The number of benzene rings is 2. The molecule has 8 nitrogen and oxygen atoms in total. The normalized spacial score (nSPS) is 21.5. The Hall–Kier alpha value is -2.53. The Balaban J connectivity index is 1.80. The molecule has 0 spiro atoms. The number of nitrogens with zero attached hydrogens (tertiary/aromatic N) is 1. The highest BCUT2D eigenvalue weighted by Crippen LogP contribution is 2.31.